The maximum absolute atomic E-state index is 12.2. The van der Waals surface area contributed by atoms with Crippen molar-refractivity contribution < 1.29 is 14.3 Å². The molecule has 1 aliphatic heterocycles. The number of aliphatic imine (C=N–C) groups is 1. The SMILES string of the molecule is CN=C(NCc1ccc(C(=O)N(C)C)cc1)NCc1cccc(NC(=O)C2CCCO2)c1.I. The molecule has 33 heavy (non-hydrogen) atoms. The largest absolute Gasteiger partial charge is 0.368 e. The van der Waals surface area contributed by atoms with Crippen molar-refractivity contribution in [2.75, 3.05) is 33.1 Å². The van der Waals surface area contributed by atoms with E-state index in [1.54, 1.807) is 26.0 Å². The van der Waals surface area contributed by atoms with Gasteiger partial charge in [0, 0.05) is 52.1 Å². The molecule has 0 saturated carbocycles. The average molecular weight is 565 g/mol. The number of nitrogens with zero attached hydrogens (tertiary/aromatic N) is 2. The van der Waals surface area contributed by atoms with Crippen molar-refractivity contribution >= 4 is 47.4 Å². The van der Waals surface area contributed by atoms with Crippen molar-refractivity contribution in [2.45, 2.75) is 32.0 Å². The average Bonchev–Trinajstić information content (AvgIpc) is 3.34. The maximum atomic E-state index is 12.2. The standard InChI is InChI=1S/C24H31N5O3.HI/c1-25-24(26-15-17-9-11-19(12-10-17)23(31)29(2)3)27-16-18-6-4-7-20(14-18)28-22(30)21-8-5-13-32-21;/h4,6-7,9-12,14,21H,5,8,13,15-16H2,1-3H3,(H,28,30)(H2,25,26,27);1H. The van der Waals surface area contributed by atoms with E-state index < -0.39 is 0 Å². The fourth-order valence-electron chi connectivity index (χ4n) is 3.38. The minimum absolute atomic E-state index is 0. The van der Waals surface area contributed by atoms with E-state index in [-0.39, 0.29) is 41.9 Å². The molecule has 1 fully saturated rings. The Bertz CT molecular complexity index is 957. The molecule has 0 spiro atoms. The van der Waals surface area contributed by atoms with Crippen LogP contribution in [-0.4, -0.2) is 56.5 Å². The van der Waals surface area contributed by atoms with E-state index in [0.717, 1.165) is 29.7 Å². The van der Waals surface area contributed by atoms with E-state index in [0.29, 0.717) is 31.2 Å². The van der Waals surface area contributed by atoms with Gasteiger partial charge in [-0.25, -0.2) is 0 Å². The van der Waals surface area contributed by atoms with Gasteiger partial charge in [-0.3, -0.25) is 14.6 Å². The van der Waals surface area contributed by atoms with Crippen molar-refractivity contribution in [2.24, 2.45) is 4.99 Å². The summed E-state index contributed by atoms with van der Waals surface area (Å²) in [7, 11) is 5.19. The molecule has 2 aromatic rings. The molecule has 3 N–H and O–H groups in total. The predicted molar refractivity (Wildman–Crippen MR) is 141 cm³/mol. The molecule has 178 valence electrons. The van der Waals surface area contributed by atoms with Crippen LogP contribution in [0, 0.1) is 0 Å². The van der Waals surface area contributed by atoms with Gasteiger partial charge in [-0.1, -0.05) is 24.3 Å². The molecule has 1 unspecified atom stereocenters. The molecule has 1 aliphatic rings. The van der Waals surface area contributed by atoms with Gasteiger partial charge < -0.3 is 25.6 Å². The van der Waals surface area contributed by atoms with Gasteiger partial charge in [0.1, 0.15) is 6.10 Å². The third-order valence-electron chi connectivity index (χ3n) is 5.17. The first-order chi connectivity index (χ1) is 15.5. The molecular formula is C24H32IN5O3. The first-order valence-corrected chi connectivity index (χ1v) is 10.7. The molecule has 0 bridgehead atoms. The summed E-state index contributed by atoms with van der Waals surface area (Å²) in [5.41, 5.74) is 3.47. The van der Waals surface area contributed by atoms with E-state index >= 15 is 0 Å². The first-order valence-electron chi connectivity index (χ1n) is 10.7. The number of carbonyl (C=O) groups is 2. The highest BCUT2D eigenvalue weighted by Crippen LogP contribution is 2.16. The van der Waals surface area contributed by atoms with E-state index in [2.05, 4.69) is 20.9 Å². The molecule has 0 radical (unpaired) electrons. The summed E-state index contributed by atoms with van der Waals surface area (Å²) in [6, 6.07) is 15.2. The fraction of sp³-hybridized carbons (Fsp3) is 0.375. The smallest absolute Gasteiger partial charge is 0.253 e. The number of amides is 2. The Morgan fingerprint density at radius 2 is 1.76 bits per heavy atom. The number of anilines is 1. The van der Waals surface area contributed by atoms with Crippen molar-refractivity contribution in [3.8, 4) is 0 Å². The summed E-state index contributed by atoms with van der Waals surface area (Å²) in [5, 5.41) is 9.47. The van der Waals surface area contributed by atoms with E-state index in [9.17, 15) is 9.59 Å². The minimum Gasteiger partial charge on any atom is -0.368 e. The van der Waals surface area contributed by atoms with Crippen LogP contribution in [0.15, 0.2) is 53.5 Å². The number of halogens is 1. The van der Waals surface area contributed by atoms with E-state index in [4.69, 9.17) is 4.74 Å². The number of rotatable bonds is 7. The zero-order valence-corrected chi connectivity index (χ0v) is 21.6. The molecule has 2 aromatic carbocycles. The number of benzene rings is 2. The Morgan fingerprint density at radius 1 is 1.06 bits per heavy atom. The van der Waals surface area contributed by atoms with Gasteiger partial charge in [-0.15, -0.1) is 24.0 Å². The first kappa shape index (κ1) is 26.6. The molecule has 0 aromatic heterocycles. The second kappa shape index (κ2) is 13.1. The topological polar surface area (TPSA) is 95.1 Å². The second-order valence-electron chi connectivity index (χ2n) is 7.87. The highest BCUT2D eigenvalue weighted by molar-refractivity contribution is 14.0. The zero-order valence-electron chi connectivity index (χ0n) is 19.3. The molecule has 3 rings (SSSR count). The lowest BCUT2D eigenvalue weighted by Gasteiger charge is -2.14. The summed E-state index contributed by atoms with van der Waals surface area (Å²) >= 11 is 0. The highest BCUT2D eigenvalue weighted by Gasteiger charge is 2.23. The van der Waals surface area contributed by atoms with Crippen LogP contribution in [0.4, 0.5) is 5.69 Å². The van der Waals surface area contributed by atoms with Gasteiger partial charge in [0.15, 0.2) is 5.96 Å². The number of guanidine groups is 1. The van der Waals surface area contributed by atoms with Gasteiger partial charge in [-0.2, -0.15) is 0 Å². The van der Waals surface area contributed by atoms with Crippen LogP contribution in [0.25, 0.3) is 0 Å². The summed E-state index contributed by atoms with van der Waals surface area (Å²) in [5.74, 6) is 0.548. The second-order valence-corrected chi connectivity index (χ2v) is 7.87. The van der Waals surface area contributed by atoms with E-state index in [1.807, 2.05) is 48.5 Å². The highest BCUT2D eigenvalue weighted by atomic mass is 127. The summed E-state index contributed by atoms with van der Waals surface area (Å²) in [6.07, 6.45) is 1.34. The fourth-order valence-corrected chi connectivity index (χ4v) is 3.38. The molecule has 8 nitrogen and oxygen atoms in total. The van der Waals surface area contributed by atoms with Crippen molar-refractivity contribution in [1.29, 1.82) is 0 Å². The van der Waals surface area contributed by atoms with Crippen molar-refractivity contribution in [1.82, 2.24) is 15.5 Å². The van der Waals surface area contributed by atoms with Crippen molar-refractivity contribution in [3.63, 3.8) is 0 Å². The van der Waals surface area contributed by atoms with Gasteiger partial charge in [-0.05, 0) is 48.2 Å². The molecule has 2 amide bonds. The maximum Gasteiger partial charge on any atom is 0.253 e. The molecule has 1 heterocycles. The van der Waals surface area contributed by atoms with Crippen LogP contribution >= 0.6 is 24.0 Å². The third kappa shape index (κ3) is 8.01. The Kier molecular flexibility index (Phi) is 10.6. The number of hydrogen-bond acceptors (Lipinski definition) is 4. The number of nitrogens with one attached hydrogen (secondary N) is 3. The third-order valence-corrected chi connectivity index (χ3v) is 5.17. The number of ether oxygens (including phenoxy) is 1. The van der Waals surface area contributed by atoms with Crippen LogP contribution in [-0.2, 0) is 22.6 Å². The minimum atomic E-state index is -0.352. The van der Waals surface area contributed by atoms with Crippen LogP contribution in [0.3, 0.4) is 0 Å². The molecule has 1 atom stereocenters. The molecule has 9 heteroatoms. The Labute approximate surface area is 212 Å². The normalized spacial score (nSPS) is 15.4. The van der Waals surface area contributed by atoms with Gasteiger partial charge in [0.25, 0.3) is 11.8 Å². The molecule has 1 saturated heterocycles. The van der Waals surface area contributed by atoms with Crippen LogP contribution in [0.5, 0.6) is 0 Å². The van der Waals surface area contributed by atoms with Crippen LogP contribution < -0.4 is 16.0 Å². The van der Waals surface area contributed by atoms with Gasteiger partial charge in [0.05, 0.1) is 0 Å². The lowest BCUT2D eigenvalue weighted by atomic mass is 10.1. The summed E-state index contributed by atoms with van der Waals surface area (Å²) in [6.45, 7) is 1.78. The lowest BCUT2D eigenvalue weighted by Crippen LogP contribution is -2.36. The quantitative estimate of drug-likeness (QED) is 0.273. The Hall–Kier alpha value is -2.66. The monoisotopic (exact) mass is 565 g/mol. The molecule has 0 aliphatic carbocycles. The Morgan fingerprint density at radius 3 is 2.36 bits per heavy atom. The predicted octanol–water partition coefficient (Wildman–Crippen LogP) is 2.99. The molecular weight excluding hydrogens is 533 g/mol. The summed E-state index contributed by atoms with van der Waals surface area (Å²) in [4.78, 5) is 30.1. The van der Waals surface area contributed by atoms with Crippen LogP contribution in [0.2, 0.25) is 0 Å². The van der Waals surface area contributed by atoms with Gasteiger partial charge in [0.2, 0.25) is 0 Å². The van der Waals surface area contributed by atoms with Crippen LogP contribution in [0.1, 0.15) is 34.3 Å². The lowest BCUT2D eigenvalue weighted by molar-refractivity contribution is -0.124. The van der Waals surface area contributed by atoms with Crippen molar-refractivity contribution in [3.05, 3.63) is 65.2 Å². The summed E-state index contributed by atoms with van der Waals surface area (Å²) < 4.78 is 5.44. The van der Waals surface area contributed by atoms with Gasteiger partial charge >= 0.3 is 0 Å². The Balaban J connectivity index is 0.00000385. The van der Waals surface area contributed by atoms with E-state index in [1.165, 1.54) is 0 Å². The number of carbonyl (C=O) groups excluding carboxylic acids is 2. The number of hydrogen-bond donors (Lipinski definition) is 3. The zero-order chi connectivity index (χ0) is 22.9.